The smallest absolute Gasteiger partial charge is 0.236 e. The lowest BCUT2D eigenvalue weighted by Gasteiger charge is -2.06. The fraction of sp³-hybridized carbons (Fsp3) is 0.188. The first-order chi connectivity index (χ1) is 12.1. The Kier molecular flexibility index (Phi) is 4.31. The summed E-state index contributed by atoms with van der Waals surface area (Å²) < 4.78 is 63.1. The highest BCUT2D eigenvalue weighted by molar-refractivity contribution is 7.90. The third kappa shape index (κ3) is 3.59. The van der Waals surface area contributed by atoms with E-state index < -0.39 is 21.8 Å². The lowest BCUT2D eigenvalue weighted by molar-refractivity contribution is -0.144. The summed E-state index contributed by atoms with van der Waals surface area (Å²) in [7, 11) is -3.47. The van der Waals surface area contributed by atoms with Crippen molar-refractivity contribution in [1.82, 2.24) is 19.7 Å². The number of pyridine rings is 1. The third-order valence-electron chi connectivity index (χ3n) is 3.54. The minimum Gasteiger partial charge on any atom is -0.236 e. The highest BCUT2D eigenvalue weighted by Gasteiger charge is 2.37. The van der Waals surface area contributed by atoms with Gasteiger partial charge in [0, 0.05) is 18.0 Å². The summed E-state index contributed by atoms with van der Waals surface area (Å²) in [5, 5.41) is 3.51. The van der Waals surface area contributed by atoms with Crippen molar-refractivity contribution in [2.24, 2.45) is 0 Å². The predicted molar refractivity (Wildman–Crippen MR) is 87.4 cm³/mol. The molecule has 3 rings (SSSR count). The van der Waals surface area contributed by atoms with Crippen molar-refractivity contribution in [3.63, 3.8) is 0 Å². The predicted octanol–water partition coefficient (Wildman–Crippen LogP) is 3.06. The van der Waals surface area contributed by atoms with E-state index in [1.165, 1.54) is 12.1 Å². The zero-order chi connectivity index (χ0) is 19.1. The van der Waals surface area contributed by atoms with Gasteiger partial charge < -0.3 is 0 Å². The van der Waals surface area contributed by atoms with Crippen LogP contribution < -0.4 is 0 Å². The SMILES string of the molecule is Cc1ccc(-c2nc(C(F)(F)F)nn2-c2ccc(S(C)(=O)=O)cn2)cc1. The molecule has 0 aliphatic carbocycles. The van der Waals surface area contributed by atoms with Crippen molar-refractivity contribution in [2.75, 3.05) is 6.26 Å². The molecule has 6 nitrogen and oxygen atoms in total. The van der Waals surface area contributed by atoms with E-state index in [1.54, 1.807) is 24.3 Å². The van der Waals surface area contributed by atoms with E-state index in [2.05, 4.69) is 15.1 Å². The maximum absolute atomic E-state index is 13.1. The van der Waals surface area contributed by atoms with Crippen LogP contribution in [0.25, 0.3) is 17.2 Å². The second kappa shape index (κ2) is 6.20. The standard InChI is InChI=1S/C16H13F3N4O2S/c1-10-3-5-11(6-4-10)14-21-15(16(17,18)19)22-23(14)13-8-7-12(9-20-13)26(2,24)25/h3-9H,1-2H3. The van der Waals surface area contributed by atoms with Crippen LogP contribution in [0.5, 0.6) is 0 Å². The molecule has 0 radical (unpaired) electrons. The van der Waals surface area contributed by atoms with Crippen LogP contribution in [0.15, 0.2) is 47.5 Å². The average Bonchev–Trinajstić information content (AvgIpc) is 3.00. The number of nitrogens with zero attached hydrogens (tertiary/aromatic N) is 4. The molecule has 0 aliphatic rings. The van der Waals surface area contributed by atoms with E-state index in [-0.39, 0.29) is 16.5 Å². The van der Waals surface area contributed by atoms with E-state index in [0.717, 1.165) is 22.7 Å². The monoisotopic (exact) mass is 382 g/mol. The molecule has 10 heteroatoms. The maximum atomic E-state index is 13.1. The fourth-order valence-electron chi connectivity index (χ4n) is 2.20. The van der Waals surface area contributed by atoms with Crippen LogP contribution in [0.2, 0.25) is 0 Å². The van der Waals surface area contributed by atoms with Gasteiger partial charge in [0.05, 0.1) is 4.90 Å². The number of rotatable bonds is 3. The highest BCUT2D eigenvalue weighted by Crippen LogP contribution is 2.30. The van der Waals surface area contributed by atoms with Crippen LogP contribution >= 0.6 is 0 Å². The molecule has 0 atom stereocenters. The summed E-state index contributed by atoms with van der Waals surface area (Å²) in [5.74, 6) is -1.32. The number of aromatic nitrogens is 4. The van der Waals surface area contributed by atoms with Crippen LogP contribution in [-0.4, -0.2) is 34.4 Å². The van der Waals surface area contributed by atoms with Crippen molar-refractivity contribution >= 4 is 9.84 Å². The van der Waals surface area contributed by atoms with Crippen molar-refractivity contribution in [2.45, 2.75) is 18.0 Å². The highest BCUT2D eigenvalue weighted by atomic mass is 32.2. The zero-order valence-electron chi connectivity index (χ0n) is 13.7. The van der Waals surface area contributed by atoms with Gasteiger partial charge in [-0.15, -0.1) is 5.10 Å². The van der Waals surface area contributed by atoms with Gasteiger partial charge in [0.1, 0.15) is 0 Å². The molecule has 0 saturated carbocycles. The van der Waals surface area contributed by atoms with Gasteiger partial charge in [0.2, 0.25) is 0 Å². The number of hydrogen-bond acceptors (Lipinski definition) is 5. The van der Waals surface area contributed by atoms with Gasteiger partial charge in [0.15, 0.2) is 21.5 Å². The summed E-state index contributed by atoms with van der Waals surface area (Å²) in [4.78, 5) is 7.48. The first-order valence-electron chi connectivity index (χ1n) is 7.33. The van der Waals surface area contributed by atoms with E-state index in [0.29, 0.717) is 5.56 Å². The molecule has 2 aromatic heterocycles. The molecule has 0 unspecified atom stereocenters. The van der Waals surface area contributed by atoms with Gasteiger partial charge in [-0.2, -0.15) is 17.9 Å². The summed E-state index contributed by atoms with van der Waals surface area (Å²) in [6.07, 6.45) is -2.64. The van der Waals surface area contributed by atoms with Crippen molar-refractivity contribution < 1.29 is 21.6 Å². The Morgan fingerprint density at radius 2 is 1.69 bits per heavy atom. The van der Waals surface area contributed by atoms with Crippen LogP contribution in [0.1, 0.15) is 11.4 Å². The maximum Gasteiger partial charge on any atom is 0.453 e. The van der Waals surface area contributed by atoms with Gasteiger partial charge in [-0.3, -0.25) is 0 Å². The largest absolute Gasteiger partial charge is 0.453 e. The Bertz CT molecular complexity index is 1040. The number of hydrogen-bond donors (Lipinski definition) is 0. The molecular weight excluding hydrogens is 369 g/mol. The first-order valence-corrected chi connectivity index (χ1v) is 9.22. The molecule has 0 aliphatic heterocycles. The van der Waals surface area contributed by atoms with Gasteiger partial charge in [-0.05, 0) is 19.1 Å². The summed E-state index contributed by atoms with van der Waals surface area (Å²) >= 11 is 0. The van der Waals surface area contributed by atoms with Gasteiger partial charge in [-0.1, -0.05) is 29.8 Å². The molecule has 3 aromatic rings. The van der Waals surface area contributed by atoms with Crippen LogP contribution in [-0.2, 0) is 16.0 Å². The average molecular weight is 382 g/mol. The Balaban J connectivity index is 2.16. The Morgan fingerprint density at radius 1 is 1.04 bits per heavy atom. The molecule has 0 saturated heterocycles. The number of sulfone groups is 1. The van der Waals surface area contributed by atoms with Crippen molar-refractivity contribution in [1.29, 1.82) is 0 Å². The number of halogens is 3. The summed E-state index contributed by atoms with van der Waals surface area (Å²) in [5.41, 5.74) is 1.36. The molecule has 0 fully saturated rings. The van der Waals surface area contributed by atoms with Gasteiger partial charge >= 0.3 is 6.18 Å². The van der Waals surface area contributed by atoms with Crippen LogP contribution in [0.3, 0.4) is 0 Å². The zero-order valence-corrected chi connectivity index (χ0v) is 14.5. The topological polar surface area (TPSA) is 77.7 Å². The minimum absolute atomic E-state index is 0.0241. The normalized spacial score (nSPS) is 12.3. The third-order valence-corrected chi connectivity index (χ3v) is 4.63. The molecule has 0 amide bonds. The van der Waals surface area contributed by atoms with Crippen molar-refractivity contribution in [3.05, 3.63) is 54.0 Å². The Labute approximate surface area is 147 Å². The summed E-state index contributed by atoms with van der Waals surface area (Å²) in [6.45, 7) is 1.85. The van der Waals surface area contributed by atoms with E-state index in [1.807, 2.05) is 6.92 Å². The van der Waals surface area contributed by atoms with Crippen LogP contribution in [0.4, 0.5) is 13.2 Å². The van der Waals surface area contributed by atoms with Gasteiger partial charge in [-0.25, -0.2) is 18.4 Å². The van der Waals surface area contributed by atoms with E-state index >= 15 is 0 Å². The summed E-state index contributed by atoms with van der Waals surface area (Å²) in [6, 6.07) is 9.26. The number of benzene rings is 1. The van der Waals surface area contributed by atoms with Crippen molar-refractivity contribution in [3.8, 4) is 17.2 Å². The second-order valence-corrected chi connectivity index (χ2v) is 7.67. The van der Waals surface area contributed by atoms with E-state index in [4.69, 9.17) is 0 Å². The second-order valence-electron chi connectivity index (χ2n) is 5.66. The molecule has 0 N–H and O–H groups in total. The molecule has 2 heterocycles. The molecule has 0 spiro atoms. The quantitative estimate of drug-likeness (QED) is 0.696. The molecule has 1 aromatic carbocycles. The molecular formula is C16H13F3N4O2S. The number of aryl methyl sites for hydroxylation is 1. The molecule has 136 valence electrons. The van der Waals surface area contributed by atoms with Gasteiger partial charge in [0.25, 0.3) is 5.82 Å². The molecule has 0 bridgehead atoms. The fourth-order valence-corrected chi connectivity index (χ4v) is 2.76. The molecule has 26 heavy (non-hydrogen) atoms. The van der Waals surface area contributed by atoms with E-state index in [9.17, 15) is 21.6 Å². The van der Waals surface area contributed by atoms with Crippen LogP contribution in [0, 0.1) is 6.92 Å². The lowest BCUT2D eigenvalue weighted by Crippen LogP contribution is -2.09. The lowest BCUT2D eigenvalue weighted by atomic mass is 10.1. The Hall–Kier alpha value is -2.75. The number of alkyl halides is 3. The first kappa shape index (κ1) is 18.1. The Morgan fingerprint density at radius 3 is 2.19 bits per heavy atom. The minimum atomic E-state index is -4.72.